The Kier molecular flexibility index (Phi) is 6.67. The first kappa shape index (κ1) is 14.0. The van der Waals surface area contributed by atoms with Crippen molar-refractivity contribution >= 4 is 5.69 Å². The minimum absolute atomic E-state index is 0.0888. The van der Waals surface area contributed by atoms with Gasteiger partial charge in [-0.15, -0.1) is 0 Å². The van der Waals surface area contributed by atoms with Gasteiger partial charge in [0.15, 0.2) is 0 Å². The van der Waals surface area contributed by atoms with E-state index >= 15 is 0 Å². The van der Waals surface area contributed by atoms with Crippen LogP contribution in [0.25, 0.3) is 0 Å². The molecule has 0 spiro atoms. The number of hydrogen-bond acceptors (Lipinski definition) is 3. The first-order valence-corrected chi connectivity index (χ1v) is 5.69. The minimum atomic E-state index is 0.0888. The molecule has 0 unspecified atom stereocenters. The molecule has 0 aliphatic carbocycles. The number of allylic oxidation sites excluding steroid dienone is 7. The summed E-state index contributed by atoms with van der Waals surface area (Å²) in [5.41, 5.74) is 1.12. The highest BCUT2D eigenvalue weighted by atomic mass is 14.8. The van der Waals surface area contributed by atoms with Gasteiger partial charge in [-0.25, -0.2) is 0 Å². The van der Waals surface area contributed by atoms with Crippen LogP contribution in [-0.4, -0.2) is 0 Å². The molecule has 0 atom stereocenters. The molecular weight excluding hydrogens is 234 g/mol. The topological polar surface area (TPSA) is 59.6 Å². The van der Waals surface area contributed by atoms with Gasteiger partial charge in [0.05, 0.1) is 0 Å². The van der Waals surface area contributed by atoms with E-state index in [4.69, 9.17) is 10.5 Å². The van der Waals surface area contributed by atoms with Crippen molar-refractivity contribution in [3.05, 3.63) is 78.6 Å². The third kappa shape index (κ3) is 6.31. The summed E-state index contributed by atoms with van der Waals surface area (Å²) in [7, 11) is 0. The van der Waals surface area contributed by atoms with E-state index in [1.165, 1.54) is 6.08 Å². The molecule has 0 radical (unpaired) electrons. The number of nitrogens with zero attached hydrogens (tertiary/aromatic N) is 2. The number of nitrogens with one attached hydrogen (secondary N) is 1. The van der Waals surface area contributed by atoms with Crippen molar-refractivity contribution in [3.63, 3.8) is 0 Å². The van der Waals surface area contributed by atoms with Crippen LogP contribution in [0.1, 0.15) is 0 Å². The SMILES string of the molecule is N#CC(C#N)=C/C=C/C=C/C=C/Nc1ccccc1. The second-order valence-electron chi connectivity index (χ2n) is 3.44. The molecule has 0 bridgehead atoms. The highest BCUT2D eigenvalue weighted by molar-refractivity contribution is 5.45. The van der Waals surface area contributed by atoms with E-state index in [0.717, 1.165) is 5.69 Å². The minimum Gasteiger partial charge on any atom is -0.362 e. The molecule has 1 aromatic carbocycles. The Labute approximate surface area is 113 Å². The summed E-state index contributed by atoms with van der Waals surface area (Å²) in [5.74, 6) is 0. The van der Waals surface area contributed by atoms with Crippen LogP contribution in [0.5, 0.6) is 0 Å². The number of para-hydroxylation sites is 1. The van der Waals surface area contributed by atoms with E-state index in [-0.39, 0.29) is 5.57 Å². The van der Waals surface area contributed by atoms with Crippen molar-refractivity contribution in [3.8, 4) is 12.1 Å². The Morgan fingerprint density at radius 1 is 0.895 bits per heavy atom. The third-order valence-electron chi connectivity index (χ3n) is 2.07. The van der Waals surface area contributed by atoms with Gasteiger partial charge in [0, 0.05) is 11.9 Å². The number of hydrogen-bond donors (Lipinski definition) is 1. The molecular formula is C16H13N3. The lowest BCUT2D eigenvalue weighted by Gasteiger charge is -1.97. The Bertz CT molecular complexity index is 563. The van der Waals surface area contributed by atoms with Crippen molar-refractivity contribution in [2.45, 2.75) is 0 Å². The summed E-state index contributed by atoms with van der Waals surface area (Å²) in [6.45, 7) is 0. The number of rotatable bonds is 5. The van der Waals surface area contributed by atoms with Crippen molar-refractivity contribution in [2.75, 3.05) is 5.32 Å². The molecule has 0 saturated heterocycles. The summed E-state index contributed by atoms with van der Waals surface area (Å²) in [6.07, 6.45) is 12.2. The molecule has 0 aliphatic heterocycles. The average Bonchev–Trinajstić information content (AvgIpc) is 2.47. The summed E-state index contributed by atoms with van der Waals surface area (Å²) >= 11 is 0. The van der Waals surface area contributed by atoms with Gasteiger partial charge in [-0.3, -0.25) is 0 Å². The van der Waals surface area contributed by atoms with Crippen LogP contribution in [0, 0.1) is 22.7 Å². The standard InChI is InChI=1S/C16H13N3/c17-13-15(14-18)9-5-2-1-3-8-12-19-16-10-6-4-7-11-16/h1-12,19H/b3-1+,5-2+,12-8+. The van der Waals surface area contributed by atoms with E-state index in [2.05, 4.69) is 5.32 Å². The fraction of sp³-hybridized carbons (Fsp3) is 0. The van der Waals surface area contributed by atoms with Gasteiger partial charge in [0.2, 0.25) is 0 Å². The fourth-order valence-corrected chi connectivity index (χ4v) is 1.18. The molecule has 0 saturated carbocycles. The van der Waals surface area contributed by atoms with Gasteiger partial charge in [-0.2, -0.15) is 10.5 Å². The molecule has 3 nitrogen and oxygen atoms in total. The normalized spacial score (nSPS) is 10.4. The van der Waals surface area contributed by atoms with Gasteiger partial charge < -0.3 is 5.32 Å². The Morgan fingerprint density at radius 2 is 1.53 bits per heavy atom. The molecule has 0 fully saturated rings. The lowest BCUT2D eigenvalue weighted by molar-refractivity contribution is 1.46. The van der Waals surface area contributed by atoms with Gasteiger partial charge >= 0.3 is 0 Å². The zero-order chi connectivity index (χ0) is 13.8. The second-order valence-corrected chi connectivity index (χ2v) is 3.44. The lowest BCUT2D eigenvalue weighted by Crippen LogP contribution is -1.84. The van der Waals surface area contributed by atoms with E-state index in [9.17, 15) is 0 Å². The van der Waals surface area contributed by atoms with Crippen molar-refractivity contribution in [2.24, 2.45) is 0 Å². The molecule has 3 heteroatoms. The first-order chi connectivity index (χ1) is 9.36. The molecule has 0 heterocycles. The van der Waals surface area contributed by atoms with Crippen molar-refractivity contribution < 1.29 is 0 Å². The average molecular weight is 247 g/mol. The molecule has 0 aliphatic rings. The summed E-state index contributed by atoms with van der Waals surface area (Å²) < 4.78 is 0. The highest BCUT2D eigenvalue weighted by Crippen LogP contribution is 2.04. The van der Waals surface area contributed by atoms with Crippen LogP contribution < -0.4 is 5.32 Å². The maximum atomic E-state index is 8.49. The summed E-state index contributed by atoms with van der Waals surface area (Å²) in [6, 6.07) is 13.4. The Hall–Kier alpha value is -3.04. The maximum absolute atomic E-state index is 8.49. The van der Waals surface area contributed by atoms with Crippen LogP contribution in [0.2, 0.25) is 0 Å². The maximum Gasteiger partial charge on any atom is 0.129 e. The van der Waals surface area contributed by atoms with E-state index in [1.807, 2.05) is 54.8 Å². The van der Waals surface area contributed by atoms with E-state index in [0.29, 0.717) is 0 Å². The number of anilines is 1. The van der Waals surface area contributed by atoms with E-state index < -0.39 is 0 Å². The van der Waals surface area contributed by atoms with E-state index in [1.54, 1.807) is 24.3 Å². The zero-order valence-corrected chi connectivity index (χ0v) is 10.3. The quantitative estimate of drug-likeness (QED) is 0.637. The summed E-state index contributed by atoms with van der Waals surface area (Å²) in [5, 5.41) is 20.1. The third-order valence-corrected chi connectivity index (χ3v) is 2.07. The van der Waals surface area contributed by atoms with Crippen molar-refractivity contribution in [1.82, 2.24) is 0 Å². The molecule has 1 N–H and O–H groups in total. The molecule has 1 rings (SSSR count). The van der Waals surface area contributed by atoms with Gasteiger partial charge in [0.1, 0.15) is 17.7 Å². The fourth-order valence-electron chi connectivity index (χ4n) is 1.18. The number of nitriles is 2. The van der Waals surface area contributed by atoms with Crippen LogP contribution >= 0.6 is 0 Å². The predicted octanol–water partition coefficient (Wildman–Crippen LogP) is 3.70. The monoisotopic (exact) mass is 247 g/mol. The highest BCUT2D eigenvalue weighted by Gasteiger charge is 1.84. The zero-order valence-electron chi connectivity index (χ0n) is 10.3. The molecule has 92 valence electrons. The van der Waals surface area contributed by atoms with Crippen molar-refractivity contribution in [1.29, 1.82) is 10.5 Å². The van der Waals surface area contributed by atoms with Gasteiger partial charge in [-0.1, -0.05) is 42.5 Å². The molecule has 1 aromatic rings. The Balaban J connectivity index is 2.35. The van der Waals surface area contributed by atoms with Crippen LogP contribution in [-0.2, 0) is 0 Å². The largest absolute Gasteiger partial charge is 0.362 e. The molecule has 19 heavy (non-hydrogen) atoms. The second kappa shape index (κ2) is 9.04. The Morgan fingerprint density at radius 3 is 2.21 bits per heavy atom. The predicted molar refractivity (Wildman–Crippen MR) is 76.8 cm³/mol. The first-order valence-electron chi connectivity index (χ1n) is 5.69. The van der Waals surface area contributed by atoms with Crippen LogP contribution in [0.4, 0.5) is 5.69 Å². The van der Waals surface area contributed by atoms with Gasteiger partial charge in [-0.05, 0) is 24.3 Å². The summed E-state index contributed by atoms with van der Waals surface area (Å²) in [4.78, 5) is 0. The van der Waals surface area contributed by atoms with Crippen LogP contribution in [0.3, 0.4) is 0 Å². The van der Waals surface area contributed by atoms with Gasteiger partial charge in [0.25, 0.3) is 0 Å². The smallest absolute Gasteiger partial charge is 0.129 e. The van der Waals surface area contributed by atoms with Crippen LogP contribution in [0.15, 0.2) is 78.6 Å². The molecule has 0 aromatic heterocycles. The number of benzene rings is 1. The lowest BCUT2D eigenvalue weighted by atomic mass is 10.3. The molecule has 0 amide bonds.